The lowest BCUT2D eigenvalue weighted by Crippen LogP contribution is -2.29. The zero-order valence-electron chi connectivity index (χ0n) is 22.1. The molecule has 6 rings (SSSR count). The fourth-order valence-electron chi connectivity index (χ4n) is 6.73. The Labute approximate surface area is 264 Å². The summed E-state index contributed by atoms with van der Waals surface area (Å²) in [7, 11) is 0. The minimum absolute atomic E-state index is 0.516. The van der Waals surface area contributed by atoms with Crippen LogP contribution in [0.1, 0.15) is 44.5 Å². The largest absolute Gasteiger partial charge is 0.0715 e. The molecule has 0 saturated heterocycles. The van der Waals surface area contributed by atoms with Crippen molar-refractivity contribution in [2.75, 3.05) is 0 Å². The van der Waals surface area contributed by atoms with E-state index in [-0.39, 0.29) is 0 Å². The molecule has 0 radical (unpaired) electrons. The van der Waals surface area contributed by atoms with Crippen molar-refractivity contribution >= 4 is 63.7 Å². The first-order chi connectivity index (χ1) is 18.6. The molecule has 1 aliphatic carbocycles. The van der Waals surface area contributed by atoms with Crippen LogP contribution in [0.15, 0.2) is 103 Å². The molecule has 0 atom stereocenters. The minimum Gasteiger partial charge on any atom is -0.0616 e. The second-order valence-electron chi connectivity index (χ2n) is 10.6. The van der Waals surface area contributed by atoms with Crippen LogP contribution in [0.25, 0.3) is 22.3 Å². The third kappa shape index (κ3) is 4.34. The first-order valence-corrected chi connectivity index (χ1v) is 16.0. The molecule has 0 nitrogen and oxygen atoms in total. The quantitative estimate of drug-likeness (QED) is 0.168. The SMILES string of the molecule is Cc1cc(C)c(-c2cccc3c2-c2c(C)cccc2C3(c2cc(Br)cc(Br)c2)c2cc(Br)cc(Br)c2)c(C)c1. The topological polar surface area (TPSA) is 0 Å². The summed E-state index contributed by atoms with van der Waals surface area (Å²) in [4.78, 5) is 0. The second kappa shape index (κ2) is 10.1. The van der Waals surface area contributed by atoms with E-state index in [1.165, 1.54) is 66.8 Å². The fraction of sp³-hybridized carbons (Fsp3) is 0.143. The normalized spacial score (nSPS) is 13.3. The Balaban J connectivity index is 1.85. The summed E-state index contributed by atoms with van der Waals surface area (Å²) in [5.74, 6) is 0. The van der Waals surface area contributed by atoms with Crippen molar-refractivity contribution < 1.29 is 0 Å². The zero-order valence-corrected chi connectivity index (χ0v) is 28.4. The molecular formula is C35H26Br4. The average Bonchev–Trinajstić information content (AvgIpc) is 3.15. The summed E-state index contributed by atoms with van der Waals surface area (Å²) >= 11 is 15.2. The van der Waals surface area contributed by atoms with Crippen LogP contribution < -0.4 is 0 Å². The van der Waals surface area contributed by atoms with Crippen LogP contribution in [-0.2, 0) is 5.41 Å². The molecule has 0 N–H and O–H groups in total. The summed E-state index contributed by atoms with van der Waals surface area (Å²) in [5.41, 5.74) is 15.0. The molecule has 194 valence electrons. The Kier molecular flexibility index (Phi) is 7.07. The van der Waals surface area contributed by atoms with Gasteiger partial charge in [0.15, 0.2) is 0 Å². The molecule has 5 aromatic carbocycles. The molecule has 0 aliphatic heterocycles. The average molecular weight is 766 g/mol. The standard InChI is InChI=1S/C35H26Br4/c1-19-11-21(3)32(22(4)12-19)29-8-6-10-31-34(29)33-20(2)7-5-9-30(33)35(31,23-13-25(36)17-26(37)14-23)24-15-27(38)18-28(39)16-24/h5-18H,1-4H3. The first-order valence-electron chi connectivity index (χ1n) is 12.9. The van der Waals surface area contributed by atoms with Gasteiger partial charge in [0.1, 0.15) is 0 Å². The Morgan fingerprint density at radius 1 is 0.462 bits per heavy atom. The van der Waals surface area contributed by atoms with Gasteiger partial charge in [-0.1, -0.05) is 118 Å². The lowest BCUT2D eigenvalue weighted by molar-refractivity contribution is 0.765. The van der Waals surface area contributed by atoms with Gasteiger partial charge >= 0.3 is 0 Å². The van der Waals surface area contributed by atoms with E-state index >= 15 is 0 Å². The molecule has 4 heteroatoms. The number of hydrogen-bond donors (Lipinski definition) is 0. The Bertz CT molecular complexity index is 1680. The maximum Gasteiger partial charge on any atom is 0.0715 e. The van der Waals surface area contributed by atoms with E-state index in [0.717, 1.165) is 17.9 Å². The van der Waals surface area contributed by atoms with Crippen molar-refractivity contribution in [3.63, 3.8) is 0 Å². The minimum atomic E-state index is -0.516. The highest BCUT2D eigenvalue weighted by Crippen LogP contribution is 2.60. The maximum atomic E-state index is 3.81. The fourth-order valence-corrected chi connectivity index (χ4v) is 9.32. The van der Waals surface area contributed by atoms with Gasteiger partial charge in [0.2, 0.25) is 0 Å². The highest BCUT2D eigenvalue weighted by Gasteiger charge is 2.48. The van der Waals surface area contributed by atoms with Gasteiger partial charge in [-0.3, -0.25) is 0 Å². The van der Waals surface area contributed by atoms with Gasteiger partial charge in [0.05, 0.1) is 5.41 Å². The van der Waals surface area contributed by atoms with Crippen molar-refractivity contribution in [1.29, 1.82) is 0 Å². The van der Waals surface area contributed by atoms with Crippen LogP contribution >= 0.6 is 63.7 Å². The van der Waals surface area contributed by atoms with Crippen LogP contribution in [0.4, 0.5) is 0 Å². The Hall–Kier alpha value is -1.98. The second-order valence-corrected chi connectivity index (χ2v) is 14.2. The summed E-state index contributed by atoms with van der Waals surface area (Å²) < 4.78 is 4.18. The molecule has 0 bridgehead atoms. The van der Waals surface area contributed by atoms with Crippen LogP contribution in [-0.4, -0.2) is 0 Å². The van der Waals surface area contributed by atoms with Crippen molar-refractivity contribution in [2.24, 2.45) is 0 Å². The molecule has 0 heterocycles. The number of hydrogen-bond acceptors (Lipinski definition) is 0. The Morgan fingerprint density at radius 3 is 1.44 bits per heavy atom. The van der Waals surface area contributed by atoms with Crippen molar-refractivity contribution in [3.05, 3.63) is 147 Å². The van der Waals surface area contributed by atoms with Crippen LogP contribution in [0.2, 0.25) is 0 Å². The predicted molar refractivity (Wildman–Crippen MR) is 179 cm³/mol. The van der Waals surface area contributed by atoms with Gasteiger partial charge in [0, 0.05) is 17.9 Å². The van der Waals surface area contributed by atoms with Gasteiger partial charge in [-0.25, -0.2) is 0 Å². The molecule has 0 aromatic heterocycles. The maximum absolute atomic E-state index is 3.81. The van der Waals surface area contributed by atoms with Crippen LogP contribution in [0.5, 0.6) is 0 Å². The van der Waals surface area contributed by atoms with E-state index in [9.17, 15) is 0 Å². The molecule has 39 heavy (non-hydrogen) atoms. The number of fused-ring (bicyclic) bond motifs is 3. The lowest BCUT2D eigenvalue weighted by atomic mass is 9.67. The van der Waals surface area contributed by atoms with E-state index < -0.39 is 5.41 Å². The van der Waals surface area contributed by atoms with Gasteiger partial charge < -0.3 is 0 Å². The molecule has 0 fully saturated rings. The van der Waals surface area contributed by atoms with Gasteiger partial charge in [-0.15, -0.1) is 0 Å². The van der Waals surface area contributed by atoms with E-state index in [1.54, 1.807) is 0 Å². The summed E-state index contributed by atoms with van der Waals surface area (Å²) in [5, 5.41) is 0. The molecule has 0 saturated carbocycles. The number of halogens is 4. The lowest BCUT2D eigenvalue weighted by Gasteiger charge is -2.34. The summed E-state index contributed by atoms with van der Waals surface area (Å²) in [6.45, 7) is 8.91. The molecule has 0 amide bonds. The third-order valence-corrected chi connectivity index (χ3v) is 9.76. The van der Waals surface area contributed by atoms with Crippen molar-refractivity contribution in [3.8, 4) is 22.3 Å². The summed E-state index contributed by atoms with van der Waals surface area (Å²) in [6.07, 6.45) is 0. The van der Waals surface area contributed by atoms with Gasteiger partial charge in [-0.2, -0.15) is 0 Å². The number of rotatable bonds is 3. The predicted octanol–water partition coefficient (Wildman–Crippen LogP) is 12.0. The van der Waals surface area contributed by atoms with Crippen molar-refractivity contribution in [2.45, 2.75) is 33.1 Å². The van der Waals surface area contributed by atoms with Crippen LogP contribution in [0, 0.1) is 27.7 Å². The van der Waals surface area contributed by atoms with Gasteiger partial charge in [-0.05, 0) is 125 Å². The monoisotopic (exact) mass is 762 g/mol. The van der Waals surface area contributed by atoms with E-state index in [4.69, 9.17) is 0 Å². The number of benzene rings is 5. The highest BCUT2D eigenvalue weighted by molar-refractivity contribution is 9.11. The van der Waals surface area contributed by atoms with E-state index in [0.29, 0.717) is 0 Å². The molecule has 1 aliphatic rings. The Morgan fingerprint density at radius 2 is 0.923 bits per heavy atom. The van der Waals surface area contributed by atoms with E-state index in [2.05, 4.69) is 176 Å². The van der Waals surface area contributed by atoms with E-state index in [1.807, 2.05) is 0 Å². The number of aryl methyl sites for hydroxylation is 4. The summed E-state index contributed by atoms with van der Waals surface area (Å²) in [6, 6.07) is 31.6. The third-order valence-electron chi connectivity index (χ3n) is 7.93. The smallest absolute Gasteiger partial charge is 0.0616 e. The molecule has 5 aromatic rings. The van der Waals surface area contributed by atoms with Crippen LogP contribution in [0.3, 0.4) is 0 Å². The molecule has 0 unspecified atom stereocenters. The first kappa shape index (κ1) is 27.2. The highest BCUT2D eigenvalue weighted by atomic mass is 79.9. The zero-order chi connectivity index (χ0) is 27.6. The van der Waals surface area contributed by atoms with Crippen molar-refractivity contribution in [1.82, 2.24) is 0 Å². The molecular weight excluding hydrogens is 740 g/mol. The molecule has 0 spiro atoms. The van der Waals surface area contributed by atoms with Gasteiger partial charge in [0.25, 0.3) is 0 Å².